The van der Waals surface area contributed by atoms with Crippen molar-refractivity contribution in [2.24, 2.45) is 5.10 Å². The zero-order valence-corrected chi connectivity index (χ0v) is 10.4. The lowest BCUT2D eigenvalue weighted by Crippen LogP contribution is -2.38. The average molecular weight is 245 g/mol. The van der Waals surface area contributed by atoms with E-state index >= 15 is 0 Å². The summed E-state index contributed by atoms with van der Waals surface area (Å²) in [5.41, 5.74) is 4.63. The number of nitrogens with one attached hydrogen (secondary N) is 1. The van der Waals surface area contributed by atoms with Crippen molar-refractivity contribution in [2.45, 2.75) is 19.8 Å². The second-order valence-corrected chi connectivity index (χ2v) is 4.30. The molecule has 0 spiro atoms. The fraction of sp³-hybridized carbons (Fsp3) is 0.308. The number of hydrazone groups is 1. The molecule has 0 aliphatic carbocycles. The van der Waals surface area contributed by atoms with Crippen molar-refractivity contribution < 1.29 is 9.59 Å². The van der Waals surface area contributed by atoms with Gasteiger partial charge in [-0.05, 0) is 24.6 Å². The number of carbonyl (C=O) groups is 2. The molecule has 0 aromatic heterocycles. The maximum Gasteiger partial charge on any atom is 0.274 e. The van der Waals surface area contributed by atoms with Gasteiger partial charge in [0.1, 0.15) is 5.71 Å². The Morgan fingerprint density at radius 3 is 2.78 bits per heavy atom. The Morgan fingerprint density at radius 2 is 2.17 bits per heavy atom. The van der Waals surface area contributed by atoms with Gasteiger partial charge in [-0.3, -0.25) is 9.59 Å². The first-order chi connectivity index (χ1) is 8.58. The lowest BCUT2D eigenvalue weighted by molar-refractivity contribution is -0.121. The normalized spacial score (nSPS) is 14.8. The fourth-order valence-corrected chi connectivity index (χ4v) is 1.78. The Balaban J connectivity index is 2.16. The molecular weight excluding hydrogens is 230 g/mol. The minimum Gasteiger partial charge on any atom is -0.310 e. The van der Waals surface area contributed by atoms with E-state index in [9.17, 15) is 9.59 Å². The molecule has 94 valence electrons. The van der Waals surface area contributed by atoms with Gasteiger partial charge < -0.3 is 4.90 Å². The molecule has 1 aliphatic rings. The highest BCUT2D eigenvalue weighted by molar-refractivity contribution is 6.44. The van der Waals surface area contributed by atoms with E-state index in [1.165, 1.54) is 0 Å². The first-order valence-corrected chi connectivity index (χ1v) is 5.78. The number of anilines is 1. The molecular formula is C13H15N3O2. The highest BCUT2D eigenvalue weighted by Gasteiger charge is 2.22. The van der Waals surface area contributed by atoms with E-state index in [0.29, 0.717) is 18.6 Å². The smallest absolute Gasteiger partial charge is 0.274 e. The molecule has 0 saturated carbocycles. The molecule has 2 rings (SSSR count). The van der Waals surface area contributed by atoms with Gasteiger partial charge in [-0.2, -0.15) is 5.10 Å². The van der Waals surface area contributed by atoms with Crippen molar-refractivity contribution in [3.05, 3.63) is 29.8 Å². The highest BCUT2D eigenvalue weighted by Crippen LogP contribution is 2.15. The maximum absolute atomic E-state index is 12.2. The van der Waals surface area contributed by atoms with Gasteiger partial charge in [0.25, 0.3) is 5.91 Å². The molecule has 2 amide bonds. The molecule has 0 atom stereocenters. The number of aryl methyl sites for hydroxylation is 1. The van der Waals surface area contributed by atoms with Crippen LogP contribution in [-0.4, -0.2) is 24.6 Å². The van der Waals surface area contributed by atoms with E-state index in [4.69, 9.17) is 0 Å². The molecule has 5 nitrogen and oxygen atoms in total. The predicted molar refractivity (Wildman–Crippen MR) is 69.4 cm³/mol. The van der Waals surface area contributed by atoms with Crippen molar-refractivity contribution in [3.8, 4) is 0 Å². The number of carbonyl (C=O) groups excluding carboxylic acids is 2. The molecule has 5 heteroatoms. The molecule has 0 fully saturated rings. The summed E-state index contributed by atoms with van der Waals surface area (Å²) >= 11 is 0. The van der Waals surface area contributed by atoms with E-state index in [-0.39, 0.29) is 11.8 Å². The molecule has 18 heavy (non-hydrogen) atoms. The van der Waals surface area contributed by atoms with Gasteiger partial charge in [-0.1, -0.05) is 12.1 Å². The molecule has 1 aromatic rings. The monoisotopic (exact) mass is 245 g/mol. The second-order valence-electron chi connectivity index (χ2n) is 4.30. The quantitative estimate of drug-likeness (QED) is 0.851. The number of hydrogen-bond donors (Lipinski definition) is 1. The fourth-order valence-electron chi connectivity index (χ4n) is 1.78. The van der Waals surface area contributed by atoms with E-state index in [0.717, 1.165) is 11.3 Å². The third-order valence-corrected chi connectivity index (χ3v) is 2.84. The molecule has 1 N–H and O–H groups in total. The topological polar surface area (TPSA) is 61.8 Å². The summed E-state index contributed by atoms with van der Waals surface area (Å²) in [4.78, 5) is 24.7. The van der Waals surface area contributed by atoms with Gasteiger partial charge in [-0.15, -0.1) is 0 Å². The number of hydrogen-bond acceptors (Lipinski definition) is 3. The average Bonchev–Trinajstić information content (AvgIpc) is 2.38. The van der Waals surface area contributed by atoms with E-state index < -0.39 is 0 Å². The molecule has 0 bridgehead atoms. The first-order valence-electron chi connectivity index (χ1n) is 5.78. The van der Waals surface area contributed by atoms with Crippen LogP contribution >= 0.6 is 0 Å². The molecule has 0 unspecified atom stereocenters. The number of rotatable bonds is 2. The van der Waals surface area contributed by atoms with Crippen LogP contribution in [0.1, 0.15) is 18.4 Å². The summed E-state index contributed by atoms with van der Waals surface area (Å²) in [6.45, 7) is 1.97. The van der Waals surface area contributed by atoms with Crippen LogP contribution in [0.15, 0.2) is 29.4 Å². The van der Waals surface area contributed by atoms with Gasteiger partial charge in [0, 0.05) is 25.6 Å². The van der Waals surface area contributed by atoms with E-state index in [2.05, 4.69) is 10.5 Å². The summed E-state index contributed by atoms with van der Waals surface area (Å²) in [6, 6.07) is 7.67. The van der Waals surface area contributed by atoms with Crippen LogP contribution in [0.4, 0.5) is 5.69 Å². The Morgan fingerprint density at radius 1 is 1.39 bits per heavy atom. The molecule has 0 saturated heterocycles. The van der Waals surface area contributed by atoms with Gasteiger partial charge >= 0.3 is 0 Å². The van der Waals surface area contributed by atoms with Crippen LogP contribution in [0.5, 0.6) is 0 Å². The zero-order chi connectivity index (χ0) is 13.1. The lowest BCUT2D eigenvalue weighted by atomic mass is 10.1. The SMILES string of the molecule is Cc1cccc(N(C)C(=O)C2=NNC(=O)CC2)c1. The van der Waals surface area contributed by atoms with Crippen LogP contribution in [0.2, 0.25) is 0 Å². The first kappa shape index (κ1) is 12.3. The Hall–Kier alpha value is -2.17. The molecule has 0 radical (unpaired) electrons. The second kappa shape index (κ2) is 5.00. The predicted octanol–water partition coefficient (Wildman–Crippen LogP) is 1.22. The minimum atomic E-state index is -0.180. The van der Waals surface area contributed by atoms with Crippen LogP contribution in [0.3, 0.4) is 0 Å². The lowest BCUT2D eigenvalue weighted by Gasteiger charge is -2.20. The molecule has 1 aliphatic heterocycles. The van der Waals surface area contributed by atoms with Gasteiger partial charge in [0.05, 0.1) is 0 Å². The van der Waals surface area contributed by atoms with Crippen molar-refractivity contribution >= 4 is 23.2 Å². The van der Waals surface area contributed by atoms with Gasteiger partial charge in [0.2, 0.25) is 5.91 Å². The van der Waals surface area contributed by atoms with E-state index in [1.807, 2.05) is 31.2 Å². The number of amides is 2. The Kier molecular flexibility index (Phi) is 3.41. The zero-order valence-electron chi connectivity index (χ0n) is 10.4. The van der Waals surface area contributed by atoms with Crippen LogP contribution in [-0.2, 0) is 9.59 Å². The molecule has 1 heterocycles. The summed E-state index contributed by atoms with van der Waals surface area (Å²) in [5, 5.41) is 3.81. The number of nitrogens with zero attached hydrogens (tertiary/aromatic N) is 2. The summed E-state index contributed by atoms with van der Waals surface area (Å²) in [6.07, 6.45) is 0.701. The number of benzene rings is 1. The largest absolute Gasteiger partial charge is 0.310 e. The van der Waals surface area contributed by atoms with Crippen LogP contribution in [0, 0.1) is 6.92 Å². The maximum atomic E-state index is 12.2. The summed E-state index contributed by atoms with van der Waals surface area (Å²) in [5.74, 6) is -0.328. The Bertz CT molecular complexity index is 523. The molecule has 1 aromatic carbocycles. The van der Waals surface area contributed by atoms with Gasteiger partial charge in [0.15, 0.2) is 0 Å². The highest BCUT2D eigenvalue weighted by atomic mass is 16.2. The van der Waals surface area contributed by atoms with E-state index in [1.54, 1.807) is 11.9 Å². The summed E-state index contributed by atoms with van der Waals surface area (Å²) < 4.78 is 0. The minimum absolute atomic E-state index is 0.148. The Labute approximate surface area is 105 Å². The summed E-state index contributed by atoms with van der Waals surface area (Å²) in [7, 11) is 1.70. The van der Waals surface area contributed by atoms with Crippen molar-refractivity contribution in [2.75, 3.05) is 11.9 Å². The standard InChI is InChI=1S/C13H15N3O2/c1-9-4-3-5-10(8-9)16(2)13(18)11-6-7-12(17)15-14-11/h3-5,8H,6-7H2,1-2H3,(H,15,17). The van der Waals surface area contributed by atoms with Crippen molar-refractivity contribution in [1.82, 2.24) is 5.43 Å². The van der Waals surface area contributed by atoms with Gasteiger partial charge in [-0.25, -0.2) is 5.43 Å². The third kappa shape index (κ3) is 2.56. The van der Waals surface area contributed by atoms with Crippen LogP contribution < -0.4 is 10.3 Å². The van der Waals surface area contributed by atoms with Crippen LogP contribution in [0.25, 0.3) is 0 Å². The van der Waals surface area contributed by atoms with Crippen molar-refractivity contribution in [3.63, 3.8) is 0 Å². The van der Waals surface area contributed by atoms with Crippen molar-refractivity contribution in [1.29, 1.82) is 0 Å². The third-order valence-electron chi connectivity index (χ3n) is 2.84.